The topological polar surface area (TPSA) is 44.8 Å². The third kappa shape index (κ3) is 4.30. The van der Waals surface area contributed by atoms with Crippen molar-refractivity contribution in [3.63, 3.8) is 0 Å². The Balaban J connectivity index is 1.32. The van der Waals surface area contributed by atoms with E-state index in [9.17, 15) is 4.79 Å². The van der Waals surface area contributed by atoms with Gasteiger partial charge in [0.1, 0.15) is 5.75 Å². The van der Waals surface area contributed by atoms with Gasteiger partial charge in [0.2, 0.25) is 0 Å². The molecular formula is C23H29N3O2. The van der Waals surface area contributed by atoms with Crippen LogP contribution in [-0.4, -0.2) is 50.6 Å². The second-order valence-corrected chi connectivity index (χ2v) is 7.91. The van der Waals surface area contributed by atoms with E-state index < -0.39 is 0 Å². The summed E-state index contributed by atoms with van der Waals surface area (Å²) in [4.78, 5) is 17.1. The SMILES string of the molecule is Cc1cc(N2CCN(C)CC2)ccc1NC(=O)COc1ccc2c(c1)CCC2. The molecule has 0 aromatic heterocycles. The van der Waals surface area contributed by atoms with Gasteiger partial charge in [-0.25, -0.2) is 0 Å². The van der Waals surface area contributed by atoms with Crippen molar-refractivity contribution in [1.82, 2.24) is 4.90 Å². The number of ether oxygens (including phenoxy) is 1. The van der Waals surface area contributed by atoms with Crippen LogP contribution in [0.3, 0.4) is 0 Å². The van der Waals surface area contributed by atoms with Crippen LogP contribution in [0.15, 0.2) is 36.4 Å². The Morgan fingerprint density at radius 3 is 2.61 bits per heavy atom. The quantitative estimate of drug-likeness (QED) is 0.866. The van der Waals surface area contributed by atoms with Gasteiger partial charge in [0, 0.05) is 37.6 Å². The second kappa shape index (κ2) is 8.23. The summed E-state index contributed by atoms with van der Waals surface area (Å²) in [6.07, 6.45) is 3.47. The van der Waals surface area contributed by atoms with Crippen molar-refractivity contribution >= 4 is 17.3 Å². The lowest BCUT2D eigenvalue weighted by Crippen LogP contribution is -2.44. The van der Waals surface area contributed by atoms with E-state index in [0.29, 0.717) is 0 Å². The average Bonchev–Trinajstić information content (AvgIpc) is 3.16. The summed E-state index contributed by atoms with van der Waals surface area (Å²) in [5, 5.41) is 2.98. The number of hydrogen-bond acceptors (Lipinski definition) is 4. The molecule has 0 unspecified atom stereocenters. The van der Waals surface area contributed by atoms with E-state index in [0.717, 1.165) is 56.0 Å². The summed E-state index contributed by atoms with van der Waals surface area (Å²) in [7, 11) is 2.16. The predicted molar refractivity (Wildman–Crippen MR) is 113 cm³/mol. The van der Waals surface area contributed by atoms with Gasteiger partial charge < -0.3 is 19.9 Å². The fraction of sp³-hybridized carbons (Fsp3) is 0.435. The summed E-state index contributed by atoms with van der Waals surface area (Å²) in [6.45, 7) is 6.30. The van der Waals surface area contributed by atoms with Crippen molar-refractivity contribution in [3.8, 4) is 5.75 Å². The van der Waals surface area contributed by atoms with Gasteiger partial charge in [-0.1, -0.05) is 6.07 Å². The van der Waals surface area contributed by atoms with Crippen LogP contribution in [0.2, 0.25) is 0 Å². The molecule has 1 fully saturated rings. The Hall–Kier alpha value is -2.53. The summed E-state index contributed by atoms with van der Waals surface area (Å²) >= 11 is 0. The van der Waals surface area contributed by atoms with Gasteiger partial charge >= 0.3 is 0 Å². The molecule has 1 N–H and O–H groups in total. The predicted octanol–water partition coefficient (Wildman–Crippen LogP) is 3.25. The zero-order valence-corrected chi connectivity index (χ0v) is 16.8. The molecule has 5 heteroatoms. The number of carbonyl (C=O) groups is 1. The van der Waals surface area contributed by atoms with Gasteiger partial charge in [-0.05, 0) is 80.3 Å². The number of nitrogens with zero attached hydrogens (tertiary/aromatic N) is 2. The molecule has 28 heavy (non-hydrogen) atoms. The number of aryl methyl sites for hydroxylation is 3. The van der Waals surface area contributed by atoms with Crippen molar-refractivity contribution in [3.05, 3.63) is 53.1 Å². The number of likely N-dealkylation sites (N-methyl/N-ethyl adjacent to an activating group) is 1. The number of benzene rings is 2. The van der Waals surface area contributed by atoms with Gasteiger partial charge in [-0.2, -0.15) is 0 Å². The van der Waals surface area contributed by atoms with E-state index in [4.69, 9.17) is 4.74 Å². The molecule has 1 heterocycles. The van der Waals surface area contributed by atoms with Gasteiger partial charge in [-0.15, -0.1) is 0 Å². The molecule has 2 aromatic rings. The monoisotopic (exact) mass is 379 g/mol. The molecule has 0 bridgehead atoms. The van der Waals surface area contributed by atoms with Crippen LogP contribution in [0.25, 0.3) is 0 Å². The number of nitrogens with one attached hydrogen (secondary N) is 1. The van der Waals surface area contributed by atoms with Crippen LogP contribution in [0.1, 0.15) is 23.1 Å². The number of anilines is 2. The van der Waals surface area contributed by atoms with Crippen molar-refractivity contribution in [1.29, 1.82) is 0 Å². The van der Waals surface area contributed by atoms with E-state index in [-0.39, 0.29) is 12.5 Å². The van der Waals surface area contributed by atoms with E-state index in [2.05, 4.69) is 46.4 Å². The van der Waals surface area contributed by atoms with E-state index in [1.54, 1.807) is 0 Å². The van der Waals surface area contributed by atoms with Crippen molar-refractivity contribution in [2.45, 2.75) is 26.2 Å². The van der Waals surface area contributed by atoms with Crippen LogP contribution in [0.5, 0.6) is 5.75 Å². The Morgan fingerprint density at radius 1 is 1.04 bits per heavy atom. The Labute approximate surface area is 167 Å². The largest absolute Gasteiger partial charge is 0.484 e. The van der Waals surface area contributed by atoms with Crippen molar-refractivity contribution < 1.29 is 9.53 Å². The van der Waals surface area contributed by atoms with Gasteiger partial charge in [-0.3, -0.25) is 4.79 Å². The molecule has 0 spiro atoms. The van der Waals surface area contributed by atoms with Crippen LogP contribution in [0, 0.1) is 6.92 Å². The first-order chi connectivity index (χ1) is 13.6. The van der Waals surface area contributed by atoms with E-state index in [1.165, 1.54) is 23.2 Å². The minimum absolute atomic E-state index is 0.0262. The molecule has 1 aliphatic heterocycles. The molecule has 0 radical (unpaired) electrons. The molecule has 1 saturated heterocycles. The van der Waals surface area contributed by atoms with Gasteiger partial charge in [0.15, 0.2) is 6.61 Å². The van der Waals surface area contributed by atoms with Crippen LogP contribution in [-0.2, 0) is 17.6 Å². The smallest absolute Gasteiger partial charge is 0.262 e. The molecule has 5 nitrogen and oxygen atoms in total. The first-order valence-corrected chi connectivity index (χ1v) is 10.2. The standard InChI is InChI=1S/C23H29N3O2/c1-17-14-20(26-12-10-25(2)11-13-26)7-9-22(17)24-23(27)16-28-21-8-6-18-4-3-5-19(18)15-21/h6-9,14-15H,3-5,10-13,16H2,1-2H3,(H,24,27). The maximum Gasteiger partial charge on any atom is 0.262 e. The number of amides is 1. The highest BCUT2D eigenvalue weighted by Crippen LogP contribution is 2.26. The highest BCUT2D eigenvalue weighted by atomic mass is 16.5. The first kappa shape index (κ1) is 18.8. The molecule has 2 aromatic carbocycles. The highest BCUT2D eigenvalue weighted by molar-refractivity contribution is 5.92. The maximum absolute atomic E-state index is 12.3. The Bertz CT molecular complexity index is 857. The lowest BCUT2D eigenvalue weighted by atomic mass is 10.1. The molecule has 0 saturated carbocycles. The number of piperazine rings is 1. The summed E-state index contributed by atoms with van der Waals surface area (Å²) in [5.41, 5.74) is 5.90. The minimum Gasteiger partial charge on any atom is -0.484 e. The fourth-order valence-electron chi connectivity index (χ4n) is 4.02. The highest BCUT2D eigenvalue weighted by Gasteiger charge is 2.16. The van der Waals surface area contributed by atoms with Gasteiger partial charge in [0.05, 0.1) is 0 Å². The lowest BCUT2D eigenvalue weighted by molar-refractivity contribution is -0.118. The number of carbonyl (C=O) groups excluding carboxylic acids is 1. The molecular weight excluding hydrogens is 350 g/mol. The van der Waals surface area contributed by atoms with Crippen LogP contribution in [0.4, 0.5) is 11.4 Å². The third-order valence-corrected chi connectivity index (χ3v) is 5.79. The minimum atomic E-state index is -0.129. The van der Waals surface area contributed by atoms with E-state index >= 15 is 0 Å². The Kier molecular flexibility index (Phi) is 5.53. The molecule has 1 aliphatic carbocycles. The van der Waals surface area contributed by atoms with E-state index in [1.807, 2.05) is 19.1 Å². The molecule has 148 valence electrons. The number of fused-ring (bicyclic) bond motifs is 1. The Morgan fingerprint density at radius 2 is 1.82 bits per heavy atom. The average molecular weight is 380 g/mol. The number of rotatable bonds is 5. The zero-order valence-electron chi connectivity index (χ0n) is 16.8. The molecule has 4 rings (SSSR count). The van der Waals surface area contributed by atoms with Crippen LogP contribution >= 0.6 is 0 Å². The number of hydrogen-bond donors (Lipinski definition) is 1. The summed E-state index contributed by atoms with van der Waals surface area (Å²) in [5.74, 6) is 0.647. The fourth-order valence-corrected chi connectivity index (χ4v) is 4.02. The normalized spacial score (nSPS) is 16.7. The second-order valence-electron chi connectivity index (χ2n) is 7.91. The first-order valence-electron chi connectivity index (χ1n) is 10.2. The maximum atomic E-state index is 12.3. The lowest BCUT2D eigenvalue weighted by Gasteiger charge is -2.34. The third-order valence-electron chi connectivity index (χ3n) is 5.79. The van der Waals surface area contributed by atoms with Crippen molar-refractivity contribution in [2.24, 2.45) is 0 Å². The molecule has 1 amide bonds. The molecule has 0 atom stereocenters. The van der Waals surface area contributed by atoms with Crippen LogP contribution < -0.4 is 15.0 Å². The summed E-state index contributed by atoms with van der Waals surface area (Å²) in [6, 6.07) is 12.4. The zero-order chi connectivity index (χ0) is 19.5. The van der Waals surface area contributed by atoms with Gasteiger partial charge in [0.25, 0.3) is 5.91 Å². The molecule has 2 aliphatic rings. The van der Waals surface area contributed by atoms with Crippen molar-refractivity contribution in [2.75, 3.05) is 50.1 Å². The summed E-state index contributed by atoms with van der Waals surface area (Å²) < 4.78 is 5.71.